The number of amides is 1. The van der Waals surface area contributed by atoms with Gasteiger partial charge in [0, 0.05) is 38.1 Å². The zero-order valence-corrected chi connectivity index (χ0v) is 16.7. The first-order valence-electron chi connectivity index (χ1n) is 9.06. The molecule has 3 rings (SSSR count). The van der Waals surface area contributed by atoms with Crippen LogP contribution in [0.4, 0.5) is 5.69 Å². The summed E-state index contributed by atoms with van der Waals surface area (Å²) in [6.45, 7) is 7.18. The largest absolute Gasteiger partial charge is 0.324 e. The van der Waals surface area contributed by atoms with Crippen molar-refractivity contribution in [2.75, 3.05) is 38.0 Å². The molecule has 0 atom stereocenters. The molecule has 1 aromatic carbocycles. The molecule has 1 aromatic heterocycles. The van der Waals surface area contributed by atoms with Crippen molar-refractivity contribution in [2.45, 2.75) is 26.3 Å². The van der Waals surface area contributed by atoms with Crippen LogP contribution >= 0.6 is 22.9 Å². The fraction of sp³-hybridized carbons (Fsp3) is 0.474. The molecule has 140 valence electrons. The van der Waals surface area contributed by atoms with Crippen molar-refractivity contribution in [1.82, 2.24) is 14.8 Å². The van der Waals surface area contributed by atoms with Crippen LogP contribution in [-0.4, -0.2) is 53.4 Å². The molecule has 1 saturated heterocycles. The highest BCUT2D eigenvalue weighted by Gasteiger charge is 2.20. The molecule has 1 N–H and O–H groups in total. The zero-order valence-electron chi connectivity index (χ0n) is 15.1. The summed E-state index contributed by atoms with van der Waals surface area (Å²) >= 11 is 7.85. The van der Waals surface area contributed by atoms with E-state index < -0.39 is 0 Å². The summed E-state index contributed by atoms with van der Waals surface area (Å²) in [5.41, 5.74) is 1.84. The summed E-state index contributed by atoms with van der Waals surface area (Å²) in [5.74, 6) is -0.0183. The normalized spacial score (nSPS) is 15.9. The second-order valence-electron chi connectivity index (χ2n) is 6.56. The molecule has 7 heteroatoms. The van der Waals surface area contributed by atoms with Crippen LogP contribution in [0.1, 0.15) is 24.0 Å². The fourth-order valence-corrected chi connectivity index (χ4v) is 4.11. The van der Waals surface area contributed by atoms with Crippen molar-refractivity contribution in [2.24, 2.45) is 0 Å². The van der Waals surface area contributed by atoms with Gasteiger partial charge in [0.15, 0.2) is 0 Å². The Labute approximate surface area is 164 Å². The molecule has 0 spiro atoms. The molecule has 26 heavy (non-hydrogen) atoms. The molecule has 1 amide bonds. The predicted octanol–water partition coefficient (Wildman–Crippen LogP) is 3.51. The van der Waals surface area contributed by atoms with Crippen LogP contribution in [0, 0.1) is 0 Å². The highest BCUT2D eigenvalue weighted by atomic mass is 35.5. The van der Waals surface area contributed by atoms with E-state index in [1.807, 2.05) is 18.2 Å². The number of aryl methyl sites for hydroxylation is 1. The van der Waals surface area contributed by atoms with Gasteiger partial charge in [-0.05, 0) is 25.0 Å². The van der Waals surface area contributed by atoms with Gasteiger partial charge in [0.1, 0.15) is 0 Å². The minimum atomic E-state index is -0.0183. The van der Waals surface area contributed by atoms with Crippen molar-refractivity contribution >= 4 is 34.5 Å². The lowest BCUT2D eigenvalue weighted by Crippen LogP contribution is -2.48. The van der Waals surface area contributed by atoms with E-state index in [9.17, 15) is 4.79 Å². The van der Waals surface area contributed by atoms with Crippen LogP contribution < -0.4 is 5.32 Å². The van der Waals surface area contributed by atoms with Crippen LogP contribution in [0.3, 0.4) is 0 Å². The Morgan fingerprint density at radius 2 is 1.96 bits per heavy atom. The summed E-state index contributed by atoms with van der Waals surface area (Å²) in [6, 6.07) is 7.31. The molecule has 0 saturated carbocycles. The molecule has 5 nitrogen and oxygen atoms in total. The molecule has 1 fully saturated rings. The maximum absolute atomic E-state index is 12.2. The fourth-order valence-electron chi connectivity index (χ4n) is 3.04. The van der Waals surface area contributed by atoms with E-state index >= 15 is 0 Å². The van der Waals surface area contributed by atoms with Gasteiger partial charge < -0.3 is 5.32 Å². The van der Waals surface area contributed by atoms with Gasteiger partial charge in [-0.15, -0.1) is 11.3 Å². The maximum Gasteiger partial charge on any atom is 0.238 e. The van der Waals surface area contributed by atoms with E-state index in [0.717, 1.165) is 45.6 Å². The lowest BCUT2D eigenvalue weighted by molar-refractivity contribution is -0.117. The van der Waals surface area contributed by atoms with Crippen molar-refractivity contribution in [3.63, 3.8) is 0 Å². The van der Waals surface area contributed by atoms with Gasteiger partial charge in [0.05, 0.1) is 28.0 Å². The van der Waals surface area contributed by atoms with Gasteiger partial charge in [-0.3, -0.25) is 14.6 Å². The van der Waals surface area contributed by atoms with E-state index in [1.54, 1.807) is 17.4 Å². The van der Waals surface area contributed by atoms with Crippen molar-refractivity contribution in [3.8, 4) is 0 Å². The molecular formula is C19H25ClN4OS. The summed E-state index contributed by atoms with van der Waals surface area (Å²) in [7, 11) is 0. The molecule has 0 aliphatic carbocycles. The average Bonchev–Trinajstić information content (AvgIpc) is 3.06. The molecule has 2 heterocycles. The number of nitrogens with zero attached hydrogens (tertiary/aromatic N) is 3. The van der Waals surface area contributed by atoms with Gasteiger partial charge in [0.25, 0.3) is 0 Å². The first-order valence-corrected chi connectivity index (χ1v) is 10.3. The SMILES string of the molecule is CCCc1nc(CN2CCN(CC(=O)Nc3ccccc3Cl)CC2)cs1. The lowest BCUT2D eigenvalue weighted by atomic mass is 10.3. The molecule has 0 bridgehead atoms. The summed E-state index contributed by atoms with van der Waals surface area (Å²) < 4.78 is 0. The van der Waals surface area contributed by atoms with Crippen molar-refractivity contribution in [3.05, 3.63) is 45.4 Å². The van der Waals surface area contributed by atoms with Crippen molar-refractivity contribution in [1.29, 1.82) is 0 Å². The topological polar surface area (TPSA) is 48.5 Å². The van der Waals surface area contributed by atoms with Crippen molar-refractivity contribution < 1.29 is 4.79 Å². The Morgan fingerprint density at radius 3 is 2.69 bits per heavy atom. The Kier molecular flexibility index (Phi) is 7.02. The first kappa shape index (κ1) is 19.3. The highest BCUT2D eigenvalue weighted by Crippen LogP contribution is 2.20. The predicted molar refractivity (Wildman–Crippen MR) is 108 cm³/mol. The third-order valence-electron chi connectivity index (χ3n) is 4.43. The van der Waals surface area contributed by atoms with E-state index in [4.69, 9.17) is 16.6 Å². The van der Waals surface area contributed by atoms with Crippen LogP contribution in [0.15, 0.2) is 29.6 Å². The number of para-hydroxylation sites is 1. The Morgan fingerprint density at radius 1 is 1.23 bits per heavy atom. The molecule has 1 aliphatic rings. The monoisotopic (exact) mass is 392 g/mol. The number of piperazine rings is 1. The second-order valence-corrected chi connectivity index (χ2v) is 7.91. The number of carbonyl (C=O) groups excluding carboxylic acids is 1. The molecule has 1 aliphatic heterocycles. The van der Waals surface area contributed by atoms with Gasteiger partial charge in [-0.1, -0.05) is 30.7 Å². The molecule has 0 radical (unpaired) electrons. The molecular weight excluding hydrogens is 368 g/mol. The number of halogens is 1. The van der Waals surface area contributed by atoms with E-state index in [0.29, 0.717) is 17.3 Å². The van der Waals surface area contributed by atoms with Gasteiger partial charge in [0.2, 0.25) is 5.91 Å². The first-order chi connectivity index (χ1) is 12.6. The second kappa shape index (κ2) is 9.46. The van der Waals surface area contributed by atoms with E-state index in [-0.39, 0.29) is 5.91 Å². The summed E-state index contributed by atoms with van der Waals surface area (Å²) in [5, 5.41) is 6.86. The number of hydrogen-bond donors (Lipinski definition) is 1. The zero-order chi connectivity index (χ0) is 18.4. The number of aromatic nitrogens is 1. The lowest BCUT2D eigenvalue weighted by Gasteiger charge is -2.33. The maximum atomic E-state index is 12.2. The summed E-state index contributed by atoms with van der Waals surface area (Å²) in [4.78, 5) is 21.5. The van der Waals surface area contributed by atoms with Crippen LogP contribution in [0.2, 0.25) is 5.02 Å². The van der Waals surface area contributed by atoms with E-state index in [1.165, 1.54) is 10.7 Å². The van der Waals surface area contributed by atoms with Crippen LogP contribution in [0.25, 0.3) is 0 Å². The summed E-state index contributed by atoms with van der Waals surface area (Å²) in [6.07, 6.45) is 2.21. The standard InChI is InChI=1S/C19H25ClN4OS/c1-2-5-19-21-15(14-26-19)12-23-8-10-24(11-9-23)13-18(25)22-17-7-4-3-6-16(17)20/h3-4,6-7,14H,2,5,8-13H2,1H3,(H,22,25). The minimum Gasteiger partial charge on any atom is -0.324 e. The van der Waals surface area contributed by atoms with Crippen LogP contribution in [0.5, 0.6) is 0 Å². The third-order valence-corrected chi connectivity index (χ3v) is 5.72. The number of thiazole rings is 1. The number of hydrogen-bond acceptors (Lipinski definition) is 5. The number of benzene rings is 1. The number of rotatable bonds is 7. The van der Waals surface area contributed by atoms with Gasteiger partial charge in [-0.2, -0.15) is 0 Å². The van der Waals surface area contributed by atoms with Crippen LogP contribution in [-0.2, 0) is 17.8 Å². The van der Waals surface area contributed by atoms with Gasteiger partial charge >= 0.3 is 0 Å². The Hall–Kier alpha value is -1.47. The Balaban J connectivity index is 1.41. The Bertz CT molecular complexity index is 728. The highest BCUT2D eigenvalue weighted by molar-refractivity contribution is 7.09. The van der Waals surface area contributed by atoms with E-state index in [2.05, 4.69) is 27.4 Å². The number of anilines is 1. The smallest absolute Gasteiger partial charge is 0.238 e. The van der Waals surface area contributed by atoms with Gasteiger partial charge in [-0.25, -0.2) is 4.98 Å². The third kappa shape index (κ3) is 5.51. The minimum absolute atomic E-state index is 0.0183. The molecule has 0 unspecified atom stereocenters. The quantitative estimate of drug-likeness (QED) is 0.783. The number of carbonyl (C=O) groups is 1. The molecule has 2 aromatic rings. The average molecular weight is 393 g/mol. The number of nitrogens with one attached hydrogen (secondary N) is 1.